The van der Waals surface area contributed by atoms with Gasteiger partial charge in [0.05, 0.1) is 0 Å². The van der Waals surface area contributed by atoms with Gasteiger partial charge in [0.1, 0.15) is 6.04 Å². The van der Waals surface area contributed by atoms with Crippen LogP contribution in [0.3, 0.4) is 0 Å². The van der Waals surface area contributed by atoms with Crippen molar-refractivity contribution < 1.29 is 18.7 Å². The number of halogens is 1. The second kappa shape index (κ2) is 9.50. The lowest BCUT2D eigenvalue weighted by Crippen LogP contribution is -2.45. The lowest BCUT2D eigenvalue weighted by molar-refractivity contribution is -0.128. The van der Waals surface area contributed by atoms with Crippen LogP contribution < -0.4 is 15.4 Å². The summed E-state index contributed by atoms with van der Waals surface area (Å²) in [6.45, 7) is 3.46. The maximum Gasteiger partial charge on any atom is 0.242 e. The van der Waals surface area contributed by atoms with Crippen LogP contribution in [0.25, 0.3) is 0 Å². The summed E-state index contributed by atoms with van der Waals surface area (Å²) < 4.78 is 19.3. The molecule has 26 heavy (non-hydrogen) atoms. The first kappa shape index (κ1) is 19.4. The number of rotatable bonds is 8. The largest absolute Gasteiger partial charge is 0.436 e. The van der Waals surface area contributed by atoms with Gasteiger partial charge in [-0.3, -0.25) is 9.59 Å². The average Bonchev–Trinajstić information content (AvgIpc) is 2.62. The van der Waals surface area contributed by atoms with Gasteiger partial charge in [0.25, 0.3) is 0 Å². The first-order valence-corrected chi connectivity index (χ1v) is 8.42. The SMILES string of the molecule is CCC[C@H](NC(C)=O)C(=O)NCc1cccnc1Oc1ccccc1F. The first-order chi connectivity index (χ1) is 12.5. The third-order valence-electron chi connectivity index (χ3n) is 3.62. The fraction of sp³-hybridized carbons (Fsp3) is 0.316. The van der Waals surface area contributed by atoms with E-state index in [1.165, 1.54) is 25.3 Å². The van der Waals surface area contributed by atoms with Crippen molar-refractivity contribution in [3.8, 4) is 11.6 Å². The second-order valence-corrected chi connectivity index (χ2v) is 5.76. The Morgan fingerprint density at radius 1 is 1.23 bits per heavy atom. The highest BCUT2D eigenvalue weighted by molar-refractivity contribution is 5.86. The van der Waals surface area contributed by atoms with Crippen molar-refractivity contribution >= 4 is 11.8 Å². The molecule has 1 aromatic carbocycles. The van der Waals surface area contributed by atoms with Gasteiger partial charge in [-0.15, -0.1) is 0 Å². The molecule has 7 heteroatoms. The lowest BCUT2D eigenvalue weighted by Gasteiger charge is -2.17. The minimum Gasteiger partial charge on any atom is -0.436 e. The van der Waals surface area contributed by atoms with Crippen molar-refractivity contribution in [1.29, 1.82) is 0 Å². The van der Waals surface area contributed by atoms with Gasteiger partial charge in [0, 0.05) is 25.2 Å². The van der Waals surface area contributed by atoms with Crippen LogP contribution in [0.5, 0.6) is 11.6 Å². The highest BCUT2D eigenvalue weighted by Crippen LogP contribution is 2.25. The summed E-state index contributed by atoms with van der Waals surface area (Å²) in [5.74, 6) is -0.779. The molecule has 0 radical (unpaired) electrons. The fourth-order valence-electron chi connectivity index (χ4n) is 2.39. The van der Waals surface area contributed by atoms with Crippen LogP contribution in [0.4, 0.5) is 4.39 Å². The van der Waals surface area contributed by atoms with E-state index in [1.807, 2.05) is 6.92 Å². The number of pyridine rings is 1. The van der Waals surface area contributed by atoms with E-state index in [1.54, 1.807) is 24.3 Å². The van der Waals surface area contributed by atoms with Crippen LogP contribution in [-0.4, -0.2) is 22.8 Å². The maximum atomic E-state index is 13.8. The first-order valence-electron chi connectivity index (χ1n) is 8.42. The third kappa shape index (κ3) is 5.54. The van der Waals surface area contributed by atoms with E-state index in [2.05, 4.69) is 15.6 Å². The Balaban J connectivity index is 2.06. The molecule has 2 amide bonds. The van der Waals surface area contributed by atoms with Crippen molar-refractivity contribution in [3.05, 3.63) is 54.0 Å². The summed E-state index contributed by atoms with van der Waals surface area (Å²) in [5, 5.41) is 5.39. The van der Waals surface area contributed by atoms with Crippen molar-refractivity contribution in [2.45, 2.75) is 39.3 Å². The highest BCUT2D eigenvalue weighted by atomic mass is 19.1. The summed E-state index contributed by atoms with van der Waals surface area (Å²) in [6, 6.07) is 8.86. The average molecular weight is 359 g/mol. The van der Waals surface area contributed by atoms with E-state index < -0.39 is 11.9 Å². The molecule has 1 atom stereocenters. The van der Waals surface area contributed by atoms with E-state index >= 15 is 0 Å². The Hall–Kier alpha value is -2.96. The molecule has 138 valence electrons. The zero-order valence-corrected chi connectivity index (χ0v) is 14.8. The molecule has 0 spiro atoms. The minimum absolute atomic E-state index is 0.0564. The molecule has 0 saturated carbocycles. The Kier molecular flexibility index (Phi) is 7.08. The lowest BCUT2D eigenvalue weighted by atomic mass is 10.1. The zero-order chi connectivity index (χ0) is 18.9. The predicted molar refractivity (Wildman–Crippen MR) is 95.1 cm³/mol. The summed E-state index contributed by atoms with van der Waals surface area (Å²) in [5.41, 5.74) is 0.599. The van der Waals surface area contributed by atoms with Crippen molar-refractivity contribution in [1.82, 2.24) is 15.6 Å². The van der Waals surface area contributed by atoms with Crippen LogP contribution in [0.2, 0.25) is 0 Å². The molecule has 0 aliphatic rings. The number of para-hydroxylation sites is 1. The Morgan fingerprint density at radius 2 is 2.00 bits per heavy atom. The molecule has 2 rings (SSSR count). The molecule has 0 aliphatic carbocycles. The van der Waals surface area contributed by atoms with Crippen molar-refractivity contribution in [2.75, 3.05) is 0 Å². The molecule has 2 aromatic rings. The molecule has 6 nitrogen and oxygen atoms in total. The number of benzene rings is 1. The van der Waals surface area contributed by atoms with Crippen LogP contribution >= 0.6 is 0 Å². The predicted octanol–water partition coefficient (Wildman–Crippen LogP) is 2.93. The monoisotopic (exact) mass is 359 g/mol. The Labute approximate surface area is 151 Å². The molecule has 0 saturated heterocycles. The van der Waals surface area contributed by atoms with Crippen LogP contribution in [-0.2, 0) is 16.1 Å². The van der Waals surface area contributed by atoms with E-state index in [-0.39, 0.29) is 30.0 Å². The number of amides is 2. The molecule has 0 aliphatic heterocycles. The third-order valence-corrected chi connectivity index (χ3v) is 3.62. The van der Waals surface area contributed by atoms with Crippen LogP contribution in [0.15, 0.2) is 42.6 Å². The number of nitrogens with one attached hydrogen (secondary N) is 2. The van der Waals surface area contributed by atoms with Crippen LogP contribution in [0, 0.1) is 5.82 Å². The number of hydrogen-bond donors (Lipinski definition) is 2. The standard InChI is InChI=1S/C19H22FN3O3/c1-3-7-16(23-13(2)24)18(25)22-12-14-8-6-11-21-19(14)26-17-10-5-4-9-15(17)20/h4-6,8-11,16H,3,7,12H2,1-2H3,(H,22,25)(H,23,24)/t16-/m0/s1. The second-order valence-electron chi connectivity index (χ2n) is 5.76. The van der Waals surface area contributed by atoms with Gasteiger partial charge in [0.2, 0.25) is 17.7 Å². The molecular formula is C19H22FN3O3. The molecule has 1 aromatic heterocycles. The Bertz CT molecular complexity index is 767. The van der Waals surface area contributed by atoms with Crippen molar-refractivity contribution in [3.63, 3.8) is 0 Å². The van der Waals surface area contributed by atoms with Crippen molar-refractivity contribution in [2.24, 2.45) is 0 Å². The number of carbonyl (C=O) groups is 2. The molecule has 0 bridgehead atoms. The van der Waals surface area contributed by atoms with Gasteiger partial charge in [0.15, 0.2) is 11.6 Å². The summed E-state index contributed by atoms with van der Waals surface area (Å²) in [4.78, 5) is 27.7. The van der Waals surface area contributed by atoms with E-state index in [0.29, 0.717) is 12.0 Å². The molecule has 0 fully saturated rings. The highest BCUT2D eigenvalue weighted by Gasteiger charge is 2.19. The quantitative estimate of drug-likeness (QED) is 0.759. The van der Waals surface area contributed by atoms with Crippen LogP contribution in [0.1, 0.15) is 32.3 Å². The minimum atomic E-state index is -0.592. The fourth-order valence-corrected chi connectivity index (χ4v) is 2.39. The zero-order valence-electron chi connectivity index (χ0n) is 14.8. The molecule has 2 N–H and O–H groups in total. The van der Waals surface area contributed by atoms with Gasteiger partial charge in [-0.1, -0.05) is 31.5 Å². The van der Waals surface area contributed by atoms with Gasteiger partial charge >= 0.3 is 0 Å². The van der Waals surface area contributed by atoms with E-state index in [0.717, 1.165) is 6.42 Å². The number of aromatic nitrogens is 1. The molecule has 0 unspecified atom stereocenters. The van der Waals surface area contributed by atoms with Gasteiger partial charge < -0.3 is 15.4 Å². The number of ether oxygens (including phenoxy) is 1. The smallest absolute Gasteiger partial charge is 0.242 e. The Morgan fingerprint density at radius 3 is 2.69 bits per heavy atom. The molecular weight excluding hydrogens is 337 g/mol. The number of carbonyl (C=O) groups excluding carboxylic acids is 2. The van der Waals surface area contributed by atoms with Gasteiger partial charge in [-0.2, -0.15) is 0 Å². The van der Waals surface area contributed by atoms with Gasteiger partial charge in [-0.05, 0) is 24.6 Å². The topological polar surface area (TPSA) is 80.3 Å². The summed E-state index contributed by atoms with van der Waals surface area (Å²) in [6.07, 6.45) is 2.82. The number of nitrogens with zero attached hydrogens (tertiary/aromatic N) is 1. The van der Waals surface area contributed by atoms with Gasteiger partial charge in [-0.25, -0.2) is 9.37 Å². The van der Waals surface area contributed by atoms with E-state index in [4.69, 9.17) is 4.74 Å². The summed E-state index contributed by atoms with van der Waals surface area (Å²) in [7, 11) is 0. The number of hydrogen-bond acceptors (Lipinski definition) is 4. The summed E-state index contributed by atoms with van der Waals surface area (Å²) >= 11 is 0. The van der Waals surface area contributed by atoms with E-state index in [9.17, 15) is 14.0 Å². The maximum absolute atomic E-state index is 13.8. The molecule has 1 heterocycles. The normalized spacial score (nSPS) is 11.5.